The molecule has 2 atom stereocenters. The molecule has 0 saturated heterocycles. The summed E-state index contributed by atoms with van der Waals surface area (Å²) in [6.45, 7) is 0.886. The van der Waals surface area contributed by atoms with Crippen molar-refractivity contribution >= 4 is 28.5 Å². The van der Waals surface area contributed by atoms with Gasteiger partial charge in [0.05, 0.1) is 19.6 Å². The molecule has 2 fully saturated rings. The summed E-state index contributed by atoms with van der Waals surface area (Å²) >= 11 is 0. The van der Waals surface area contributed by atoms with Gasteiger partial charge in [0, 0.05) is 5.69 Å². The highest BCUT2D eigenvalue weighted by Gasteiger charge is 2.45. The third-order valence-corrected chi connectivity index (χ3v) is 7.29. The van der Waals surface area contributed by atoms with Crippen LogP contribution in [0.3, 0.4) is 0 Å². The first-order valence-corrected chi connectivity index (χ1v) is 11.3. The minimum absolute atomic E-state index is 0.0137. The molecule has 3 aliphatic rings. The fraction of sp³-hybridized carbons (Fsp3) is 0.522. The summed E-state index contributed by atoms with van der Waals surface area (Å²) in [5.74, 6) is 2.25. The second-order valence-corrected chi connectivity index (χ2v) is 9.18. The Morgan fingerprint density at radius 2 is 1.93 bits per heavy atom. The molecule has 7 nitrogen and oxygen atoms in total. The van der Waals surface area contributed by atoms with Gasteiger partial charge in [-0.05, 0) is 50.2 Å². The van der Waals surface area contributed by atoms with Crippen LogP contribution in [0.1, 0.15) is 51.0 Å². The molecule has 3 aromatic rings. The van der Waals surface area contributed by atoms with Gasteiger partial charge >= 0.3 is 11.5 Å². The molecule has 0 amide bonds. The normalized spacial score (nSPS) is 23.0. The van der Waals surface area contributed by atoms with Gasteiger partial charge in [-0.15, -0.1) is 5.10 Å². The van der Waals surface area contributed by atoms with Crippen LogP contribution >= 0.6 is 0 Å². The van der Waals surface area contributed by atoms with Gasteiger partial charge in [0.25, 0.3) is 0 Å². The van der Waals surface area contributed by atoms with E-state index in [2.05, 4.69) is 19.9 Å². The average molecular weight is 406 g/mol. The quantitative estimate of drug-likeness (QED) is 0.652. The Balaban J connectivity index is 1.57. The lowest BCUT2D eigenvalue weighted by atomic mass is 10.1. The van der Waals surface area contributed by atoms with Crippen molar-refractivity contribution in [2.24, 2.45) is 13.0 Å². The second kappa shape index (κ2) is 6.86. The summed E-state index contributed by atoms with van der Waals surface area (Å²) in [6.07, 6.45) is 8.66. The Hall–Kier alpha value is -2.83. The first-order valence-electron chi connectivity index (χ1n) is 11.3. The summed E-state index contributed by atoms with van der Waals surface area (Å²) in [5.41, 5.74) is 1.95. The van der Waals surface area contributed by atoms with Crippen molar-refractivity contribution in [3.8, 4) is 0 Å². The van der Waals surface area contributed by atoms with Crippen LogP contribution in [0.5, 0.6) is 0 Å². The molecular formula is C23H29N6O+. The first kappa shape index (κ1) is 18.0. The molecule has 0 radical (unpaired) electrons. The van der Waals surface area contributed by atoms with Gasteiger partial charge in [-0.2, -0.15) is 4.68 Å². The van der Waals surface area contributed by atoms with E-state index in [0.717, 1.165) is 36.7 Å². The summed E-state index contributed by atoms with van der Waals surface area (Å²) < 4.78 is 6.29. The van der Waals surface area contributed by atoms with E-state index in [1.54, 1.807) is 4.57 Å². The van der Waals surface area contributed by atoms with Crippen LogP contribution in [0, 0.1) is 5.92 Å². The molecule has 2 N–H and O–H groups in total. The van der Waals surface area contributed by atoms with E-state index in [1.807, 2.05) is 37.4 Å². The van der Waals surface area contributed by atoms with Gasteiger partial charge in [-0.25, -0.2) is 9.13 Å². The van der Waals surface area contributed by atoms with Crippen molar-refractivity contribution in [1.82, 2.24) is 14.3 Å². The molecule has 1 aliphatic heterocycles. The number of fused-ring (bicyclic) bond motifs is 5. The highest BCUT2D eigenvalue weighted by molar-refractivity contribution is 5.87. The third-order valence-electron chi connectivity index (χ3n) is 7.29. The summed E-state index contributed by atoms with van der Waals surface area (Å²) in [5, 5.41) is 12.8. The van der Waals surface area contributed by atoms with Crippen LogP contribution in [0.15, 0.2) is 35.1 Å². The van der Waals surface area contributed by atoms with Gasteiger partial charge in [-0.1, -0.05) is 31.0 Å². The summed E-state index contributed by atoms with van der Waals surface area (Å²) in [4.78, 5) is 13.5. The molecule has 0 spiro atoms. The van der Waals surface area contributed by atoms with Crippen LogP contribution in [-0.2, 0) is 13.6 Å². The number of nitrogens with one attached hydrogen (secondary N) is 2. The monoisotopic (exact) mass is 405 g/mol. The Morgan fingerprint density at radius 1 is 1.13 bits per heavy atom. The Kier molecular flexibility index (Phi) is 4.11. The number of hydrogen-bond donors (Lipinski definition) is 2. The third kappa shape index (κ3) is 2.67. The van der Waals surface area contributed by atoms with Crippen LogP contribution in [-0.4, -0.2) is 20.4 Å². The minimum Gasteiger partial charge on any atom is -0.337 e. The molecule has 156 valence electrons. The largest absolute Gasteiger partial charge is 0.337 e. The van der Waals surface area contributed by atoms with Gasteiger partial charge in [0.2, 0.25) is 5.65 Å². The lowest BCUT2D eigenvalue weighted by Gasteiger charge is -2.12. The molecule has 2 aliphatic carbocycles. The zero-order valence-corrected chi connectivity index (χ0v) is 17.5. The van der Waals surface area contributed by atoms with Crippen LogP contribution in [0.2, 0.25) is 0 Å². The van der Waals surface area contributed by atoms with E-state index in [1.165, 1.54) is 32.1 Å². The van der Waals surface area contributed by atoms with Crippen molar-refractivity contribution in [2.75, 3.05) is 10.6 Å². The number of anilines is 3. The van der Waals surface area contributed by atoms with Gasteiger partial charge in [0.1, 0.15) is 6.04 Å². The maximum atomic E-state index is 13.5. The number of nitrogens with zero attached hydrogens (tertiary/aromatic N) is 4. The van der Waals surface area contributed by atoms with Crippen LogP contribution < -0.4 is 20.8 Å². The Morgan fingerprint density at radius 3 is 2.73 bits per heavy atom. The lowest BCUT2D eigenvalue weighted by molar-refractivity contribution is -0.679. The van der Waals surface area contributed by atoms with E-state index in [4.69, 9.17) is 5.10 Å². The lowest BCUT2D eigenvalue weighted by Crippen LogP contribution is -2.44. The fourth-order valence-electron chi connectivity index (χ4n) is 5.80. The van der Waals surface area contributed by atoms with E-state index in [0.29, 0.717) is 29.2 Å². The van der Waals surface area contributed by atoms with Gasteiger partial charge in [-0.3, -0.25) is 10.1 Å². The molecule has 2 aromatic heterocycles. The standard InChI is InChI=1S/C23H28N6O/c1-27-22(30)19-20(24-16-10-3-2-4-11-16)26-28(14-15-8-5-6-9-15)21(19)29-18-13-7-12-17(18)25-23(27)29/h2-4,10-11,15,17-18H,5-9,12-14H2,1H3,(H,24,26)/p+1/t17-,18+/m1/s1. The summed E-state index contributed by atoms with van der Waals surface area (Å²) in [7, 11) is 1.88. The molecule has 6 rings (SSSR count). The predicted octanol–water partition coefficient (Wildman–Crippen LogP) is 3.48. The molecule has 3 heterocycles. The van der Waals surface area contributed by atoms with Crippen molar-refractivity contribution in [2.45, 2.75) is 63.6 Å². The Bertz CT molecular complexity index is 1160. The maximum Gasteiger partial charge on any atom is 0.320 e. The highest BCUT2D eigenvalue weighted by Crippen LogP contribution is 2.36. The number of aromatic nitrogens is 4. The van der Waals surface area contributed by atoms with E-state index >= 15 is 0 Å². The molecule has 2 saturated carbocycles. The van der Waals surface area contributed by atoms with Gasteiger partial charge < -0.3 is 5.32 Å². The Labute approximate surface area is 175 Å². The van der Waals surface area contributed by atoms with Crippen LogP contribution in [0.4, 0.5) is 17.5 Å². The minimum atomic E-state index is 0.0137. The zero-order valence-electron chi connectivity index (χ0n) is 17.5. The first-order chi connectivity index (χ1) is 14.7. The molecule has 0 bridgehead atoms. The number of para-hydroxylation sites is 1. The van der Waals surface area contributed by atoms with Crippen molar-refractivity contribution in [3.05, 3.63) is 40.7 Å². The van der Waals surface area contributed by atoms with Crippen molar-refractivity contribution < 1.29 is 4.57 Å². The molecule has 0 unspecified atom stereocenters. The SMILES string of the molecule is Cn1c2[n+](c3c(c(Nc4ccccc4)nn3CC3CCCC3)c1=O)[C@H]1CCC[C@H]1N2. The van der Waals surface area contributed by atoms with Crippen LogP contribution in [0.25, 0.3) is 11.0 Å². The van der Waals surface area contributed by atoms with E-state index < -0.39 is 0 Å². The fourth-order valence-corrected chi connectivity index (χ4v) is 5.80. The zero-order chi connectivity index (χ0) is 20.2. The number of benzene rings is 1. The molecule has 1 aromatic carbocycles. The van der Waals surface area contributed by atoms with Gasteiger partial charge in [0.15, 0.2) is 11.2 Å². The van der Waals surface area contributed by atoms with E-state index in [-0.39, 0.29) is 5.56 Å². The van der Waals surface area contributed by atoms with Crippen molar-refractivity contribution in [1.29, 1.82) is 0 Å². The van der Waals surface area contributed by atoms with E-state index in [9.17, 15) is 4.79 Å². The number of hydrogen-bond acceptors (Lipinski definition) is 4. The molecular weight excluding hydrogens is 376 g/mol. The average Bonchev–Trinajstić information content (AvgIpc) is 3.52. The second-order valence-electron chi connectivity index (χ2n) is 9.18. The van der Waals surface area contributed by atoms with Crippen molar-refractivity contribution in [3.63, 3.8) is 0 Å². The molecule has 30 heavy (non-hydrogen) atoms. The smallest absolute Gasteiger partial charge is 0.320 e. The predicted molar refractivity (Wildman–Crippen MR) is 117 cm³/mol. The topological polar surface area (TPSA) is 67.8 Å². The molecule has 7 heteroatoms. The maximum absolute atomic E-state index is 13.5. The number of rotatable bonds is 4. The highest BCUT2D eigenvalue weighted by atomic mass is 16.1. The summed E-state index contributed by atoms with van der Waals surface area (Å²) in [6, 6.07) is 10.8.